The number of thioether (sulfide) groups is 2. The zero-order valence-electron chi connectivity index (χ0n) is 17.0. The normalized spacial score (nSPS) is 11.5. The number of nitrogens with zero attached hydrogens (tertiary/aromatic N) is 1. The molecule has 1 atom stereocenters. The molecule has 0 radical (unpaired) electrons. The molecule has 0 fully saturated rings. The Morgan fingerprint density at radius 2 is 1.90 bits per heavy atom. The standard InChI is InChI=1S/C22H21N3O4S2/c1-14(20(27)23-16-8-6-7-15(11-16)21(28)29-2)31-22-24-17(12-19(26)25-22)13-30-18-9-4-3-5-10-18/h3-12,14H,13H2,1-2H3,(H,23,27)(H,24,25,26). The monoisotopic (exact) mass is 455 g/mol. The van der Waals surface area contributed by atoms with Crippen molar-refractivity contribution in [3.05, 3.63) is 82.3 Å². The first-order chi connectivity index (χ1) is 14.9. The van der Waals surface area contributed by atoms with Crippen molar-refractivity contribution in [1.29, 1.82) is 0 Å². The Balaban J connectivity index is 1.63. The molecule has 0 aliphatic carbocycles. The Bertz CT molecular complexity index is 1120. The fraction of sp³-hybridized carbons (Fsp3) is 0.182. The van der Waals surface area contributed by atoms with Crippen LogP contribution in [0.25, 0.3) is 0 Å². The van der Waals surface area contributed by atoms with Gasteiger partial charge in [-0.15, -0.1) is 11.8 Å². The van der Waals surface area contributed by atoms with Crippen molar-refractivity contribution in [1.82, 2.24) is 9.97 Å². The van der Waals surface area contributed by atoms with Crippen molar-refractivity contribution >= 4 is 41.1 Å². The highest BCUT2D eigenvalue weighted by atomic mass is 32.2. The third-order valence-electron chi connectivity index (χ3n) is 4.11. The number of anilines is 1. The van der Waals surface area contributed by atoms with Crippen molar-refractivity contribution in [2.75, 3.05) is 12.4 Å². The van der Waals surface area contributed by atoms with Crippen LogP contribution in [0.2, 0.25) is 0 Å². The average Bonchev–Trinajstić information content (AvgIpc) is 2.77. The number of aromatic nitrogens is 2. The lowest BCUT2D eigenvalue weighted by molar-refractivity contribution is -0.115. The predicted octanol–water partition coefficient (Wildman–Crippen LogP) is 3.97. The minimum atomic E-state index is -0.526. The second kappa shape index (κ2) is 10.8. The van der Waals surface area contributed by atoms with Crippen LogP contribution >= 0.6 is 23.5 Å². The fourth-order valence-electron chi connectivity index (χ4n) is 2.59. The molecule has 1 heterocycles. The maximum atomic E-state index is 12.6. The number of carbonyl (C=O) groups is 2. The lowest BCUT2D eigenvalue weighted by Crippen LogP contribution is -2.23. The van der Waals surface area contributed by atoms with Gasteiger partial charge in [-0.3, -0.25) is 9.59 Å². The molecule has 1 aromatic heterocycles. The lowest BCUT2D eigenvalue weighted by Gasteiger charge is -2.12. The minimum Gasteiger partial charge on any atom is -0.465 e. The Kier molecular flexibility index (Phi) is 7.91. The third-order valence-corrected chi connectivity index (χ3v) is 6.14. The predicted molar refractivity (Wildman–Crippen MR) is 123 cm³/mol. The van der Waals surface area contributed by atoms with E-state index in [2.05, 4.69) is 15.3 Å². The number of nitrogens with one attached hydrogen (secondary N) is 2. The van der Waals surface area contributed by atoms with Gasteiger partial charge in [0.25, 0.3) is 5.56 Å². The van der Waals surface area contributed by atoms with Crippen molar-refractivity contribution in [2.45, 2.75) is 28.0 Å². The number of hydrogen-bond donors (Lipinski definition) is 2. The molecule has 3 aromatic rings. The summed E-state index contributed by atoms with van der Waals surface area (Å²) in [6, 6.07) is 17.8. The smallest absolute Gasteiger partial charge is 0.337 e. The van der Waals surface area contributed by atoms with E-state index >= 15 is 0 Å². The largest absolute Gasteiger partial charge is 0.465 e. The maximum Gasteiger partial charge on any atom is 0.337 e. The number of aromatic amines is 1. The SMILES string of the molecule is COC(=O)c1cccc(NC(=O)C(C)Sc2nc(CSc3ccccc3)cc(=O)[nH]2)c1. The Hall–Kier alpha value is -3.04. The number of H-pyrrole nitrogens is 1. The van der Waals surface area contributed by atoms with Crippen molar-refractivity contribution < 1.29 is 14.3 Å². The van der Waals surface area contributed by atoms with Crippen LogP contribution in [0.15, 0.2) is 75.5 Å². The third kappa shape index (κ3) is 6.73. The zero-order valence-corrected chi connectivity index (χ0v) is 18.6. The topological polar surface area (TPSA) is 101 Å². The number of ether oxygens (including phenoxy) is 1. The van der Waals surface area contributed by atoms with Gasteiger partial charge in [0.2, 0.25) is 5.91 Å². The van der Waals surface area contributed by atoms with E-state index in [-0.39, 0.29) is 11.5 Å². The summed E-state index contributed by atoms with van der Waals surface area (Å²) in [7, 11) is 1.30. The molecule has 0 saturated carbocycles. The molecule has 0 spiro atoms. The van der Waals surface area contributed by atoms with Gasteiger partial charge in [-0.2, -0.15) is 0 Å². The summed E-state index contributed by atoms with van der Waals surface area (Å²) in [5.74, 6) is -0.216. The Morgan fingerprint density at radius 1 is 1.13 bits per heavy atom. The summed E-state index contributed by atoms with van der Waals surface area (Å²) >= 11 is 2.74. The number of hydrogen-bond acceptors (Lipinski definition) is 7. The van der Waals surface area contributed by atoms with E-state index in [0.29, 0.717) is 27.9 Å². The van der Waals surface area contributed by atoms with Crippen LogP contribution in [0, 0.1) is 0 Å². The lowest BCUT2D eigenvalue weighted by atomic mass is 10.2. The minimum absolute atomic E-state index is 0.264. The number of esters is 1. The first-order valence-electron chi connectivity index (χ1n) is 9.38. The van der Waals surface area contributed by atoms with E-state index < -0.39 is 11.2 Å². The summed E-state index contributed by atoms with van der Waals surface area (Å²) < 4.78 is 4.69. The van der Waals surface area contributed by atoms with E-state index in [1.54, 1.807) is 43.0 Å². The molecule has 0 bridgehead atoms. The van der Waals surface area contributed by atoms with Gasteiger partial charge in [-0.05, 0) is 37.3 Å². The maximum absolute atomic E-state index is 12.6. The second-order valence-corrected chi connectivity index (χ2v) is 8.84. The van der Waals surface area contributed by atoms with Crippen LogP contribution in [-0.4, -0.2) is 34.2 Å². The van der Waals surface area contributed by atoms with Crippen LogP contribution in [0.1, 0.15) is 23.0 Å². The van der Waals surface area contributed by atoms with Crippen LogP contribution in [0.5, 0.6) is 0 Å². The highest BCUT2D eigenvalue weighted by Crippen LogP contribution is 2.24. The van der Waals surface area contributed by atoms with Crippen LogP contribution < -0.4 is 10.9 Å². The van der Waals surface area contributed by atoms with Gasteiger partial charge in [0.15, 0.2) is 5.16 Å². The molecule has 2 N–H and O–H groups in total. The highest BCUT2D eigenvalue weighted by Gasteiger charge is 2.17. The molecule has 0 aliphatic rings. The molecule has 1 unspecified atom stereocenters. The fourth-order valence-corrected chi connectivity index (χ4v) is 4.24. The van der Waals surface area contributed by atoms with Gasteiger partial charge in [0, 0.05) is 22.4 Å². The van der Waals surface area contributed by atoms with Crippen LogP contribution in [-0.2, 0) is 15.3 Å². The number of rotatable bonds is 8. The van der Waals surface area contributed by atoms with Gasteiger partial charge in [-0.25, -0.2) is 9.78 Å². The van der Waals surface area contributed by atoms with E-state index in [0.717, 1.165) is 16.7 Å². The molecular weight excluding hydrogens is 434 g/mol. The molecule has 3 rings (SSSR count). The highest BCUT2D eigenvalue weighted by molar-refractivity contribution is 8.00. The number of amides is 1. The van der Waals surface area contributed by atoms with Crippen LogP contribution in [0.4, 0.5) is 5.69 Å². The van der Waals surface area contributed by atoms with Gasteiger partial charge in [0.05, 0.1) is 23.6 Å². The number of carbonyl (C=O) groups excluding carboxylic acids is 2. The van der Waals surface area contributed by atoms with E-state index in [1.807, 2.05) is 30.3 Å². The molecule has 160 valence electrons. The summed E-state index contributed by atoms with van der Waals surface area (Å²) in [5.41, 5.74) is 1.20. The van der Waals surface area contributed by atoms with Crippen molar-refractivity contribution in [3.63, 3.8) is 0 Å². The summed E-state index contributed by atoms with van der Waals surface area (Å²) in [6.45, 7) is 1.72. The van der Waals surface area contributed by atoms with Crippen LogP contribution in [0.3, 0.4) is 0 Å². The average molecular weight is 456 g/mol. The summed E-state index contributed by atoms with van der Waals surface area (Å²) in [6.07, 6.45) is 0. The van der Waals surface area contributed by atoms with Crippen molar-refractivity contribution in [2.24, 2.45) is 0 Å². The molecule has 1 amide bonds. The van der Waals surface area contributed by atoms with Gasteiger partial charge < -0.3 is 15.0 Å². The van der Waals surface area contributed by atoms with E-state index in [1.165, 1.54) is 13.2 Å². The molecule has 0 saturated heterocycles. The van der Waals surface area contributed by atoms with E-state index in [9.17, 15) is 14.4 Å². The van der Waals surface area contributed by atoms with Gasteiger partial charge in [0.1, 0.15) is 0 Å². The summed E-state index contributed by atoms with van der Waals surface area (Å²) in [5, 5.41) is 2.62. The first-order valence-corrected chi connectivity index (χ1v) is 11.2. The molecule has 31 heavy (non-hydrogen) atoms. The van der Waals surface area contributed by atoms with Gasteiger partial charge in [-0.1, -0.05) is 36.0 Å². The number of methoxy groups -OCH3 is 1. The van der Waals surface area contributed by atoms with E-state index in [4.69, 9.17) is 4.74 Å². The van der Waals surface area contributed by atoms with Gasteiger partial charge >= 0.3 is 5.97 Å². The number of benzene rings is 2. The Labute approximate surface area is 188 Å². The summed E-state index contributed by atoms with van der Waals surface area (Å²) in [4.78, 5) is 44.5. The Morgan fingerprint density at radius 3 is 2.65 bits per heavy atom. The quantitative estimate of drug-likeness (QED) is 0.301. The zero-order chi connectivity index (χ0) is 22.2. The first kappa shape index (κ1) is 22.6. The molecule has 0 aliphatic heterocycles. The second-order valence-electron chi connectivity index (χ2n) is 6.47. The molecule has 9 heteroatoms. The molecule has 2 aromatic carbocycles. The molecule has 7 nitrogen and oxygen atoms in total. The van der Waals surface area contributed by atoms with Crippen molar-refractivity contribution in [3.8, 4) is 0 Å². The molecular formula is C22H21N3O4S2.